The van der Waals surface area contributed by atoms with Crippen molar-refractivity contribution in [2.75, 3.05) is 13.2 Å². The van der Waals surface area contributed by atoms with Crippen molar-refractivity contribution < 1.29 is 33.5 Å². The summed E-state index contributed by atoms with van der Waals surface area (Å²) in [6, 6.07) is 0. The second kappa shape index (κ2) is 4.03. The van der Waals surface area contributed by atoms with Crippen LogP contribution in [0.15, 0.2) is 0 Å². The zero-order chi connectivity index (χ0) is 12.0. The summed E-state index contributed by atoms with van der Waals surface area (Å²) in [4.78, 5) is 17.7. The Kier molecular flexibility index (Phi) is 3.13. The molecule has 4 atom stereocenters. The van der Waals surface area contributed by atoms with E-state index in [2.05, 4.69) is 4.52 Å². The highest BCUT2D eigenvalue weighted by molar-refractivity contribution is 7.46. The molecule has 0 radical (unpaired) electrons. The minimum atomic E-state index is -4.62. The predicted octanol–water partition coefficient (Wildman–Crippen LogP) is -0.597. The second-order valence-corrected chi connectivity index (χ2v) is 5.34. The quantitative estimate of drug-likeness (QED) is 0.577. The van der Waals surface area contributed by atoms with Gasteiger partial charge in [-0.3, -0.25) is 4.52 Å². The number of aliphatic hydroxyl groups excluding tert-OH is 1. The molecule has 2 bridgehead atoms. The summed E-state index contributed by atoms with van der Waals surface area (Å²) < 4.78 is 26.4. The molecule has 7 nitrogen and oxygen atoms in total. The van der Waals surface area contributed by atoms with E-state index in [1.165, 1.54) is 0 Å². The van der Waals surface area contributed by atoms with Crippen LogP contribution in [0.3, 0.4) is 0 Å². The number of ether oxygens (including phenoxy) is 2. The van der Waals surface area contributed by atoms with E-state index in [-0.39, 0.29) is 12.7 Å². The maximum Gasteiger partial charge on any atom is 0.470 e. The van der Waals surface area contributed by atoms with Gasteiger partial charge in [0.1, 0.15) is 17.8 Å². The highest BCUT2D eigenvalue weighted by atomic mass is 31.2. The van der Waals surface area contributed by atoms with Gasteiger partial charge in [0.05, 0.1) is 19.3 Å². The van der Waals surface area contributed by atoms with Gasteiger partial charge in [-0.1, -0.05) is 0 Å². The molecule has 0 aliphatic carbocycles. The molecule has 0 aromatic rings. The van der Waals surface area contributed by atoms with Gasteiger partial charge >= 0.3 is 7.82 Å². The molecule has 0 spiro atoms. The van der Waals surface area contributed by atoms with E-state index in [1.54, 1.807) is 6.92 Å². The molecule has 3 N–H and O–H groups in total. The molecule has 2 aliphatic rings. The number of aliphatic hydroxyl groups is 1. The standard InChI is InChI=1S/C8H15O7P/c1-5-6-7(15-16(10,11)12)8(4-9,14-5)2-3-13-6/h5-7,9H,2-4H2,1H3,(H2,10,11,12). The van der Waals surface area contributed by atoms with Gasteiger partial charge < -0.3 is 24.4 Å². The minimum absolute atomic E-state index is 0.345. The maximum absolute atomic E-state index is 10.9. The summed E-state index contributed by atoms with van der Waals surface area (Å²) in [6.07, 6.45) is -1.48. The lowest BCUT2D eigenvalue weighted by Crippen LogP contribution is -2.52. The second-order valence-electron chi connectivity index (χ2n) is 4.15. The summed E-state index contributed by atoms with van der Waals surface area (Å²) >= 11 is 0. The molecule has 0 saturated carbocycles. The number of fused-ring (bicyclic) bond motifs is 2. The van der Waals surface area contributed by atoms with Crippen LogP contribution in [0.5, 0.6) is 0 Å². The SMILES string of the molecule is CC1OC2(CO)CCOC1C2OP(=O)(O)O. The first-order valence-corrected chi connectivity index (χ1v) is 6.55. The summed E-state index contributed by atoms with van der Waals surface area (Å²) in [5.74, 6) is 0. The van der Waals surface area contributed by atoms with Crippen molar-refractivity contribution in [2.45, 2.75) is 37.3 Å². The van der Waals surface area contributed by atoms with Gasteiger partial charge in [-0.05, 0) is 6.92 Å². The number of hydrogen-bond acceptors (Lipinski definition) is 5. The largest absolute Gasteiger partial charge is 0.470 e. The van der Waals surface area contributed by atoms with Crippen LogP contribution in [0.1, 0.15) is 13.3 Å². The summed E-state index contributed by atoms with van der Waals surface area (Å²) in [5.41, 5.74) is -1.05. The van der Waals surface area contributed by atoms with Crippen LogP contribution >= 0.6 is 7.82 Å². The lowest BCUT2D eigenvalue weighted by atomic mass is 9.90. The molecule has 0 aromatic heterocycles. The van der Waals surface area contributed by atoms with Crippen molar-refractivity contribution >= 4 is 7.82 Å². The van der Waals surface area contributed by atoms with Crippen LogP contribution in [-0.2, 0) is 18.6 Å². The number of hydrogen-bond donors (Lipinski definition) is 3. The van der Waals surface area contributed by atoms with Crippen molar-refractivity contribution in [1.82, 2.24) is 0 Å². The average molecular weight is 254 g/mol. The van der Waals surface area contributed by atoms with Gasteiger partial charge in [-0.25, -0.2) is 4.57 Å². The molecular weight excluding hydrogens is 239 g/mol. The van der Waals surface area contributed by atoms with Crippen molar-refractivity contribution in [1.29, 1.82) is 0 Å². The fraction of sp³-hybridized carbons (Fsp3) is 1.00. The Hall–Kier alpha value is -0.0100. The fourth-order valence-electron chi connectivity index (χ4n) is 2.35. The van der Waals surface area contributed by atoms with E-state index in [0.29, 0.717) is 13.0 Å². The first-order valence-electron chi connectivity index (χ1n) is 5.02. The molecule has 2 aliphatic heterocycles. The Bertz CT molecular complexity index is 316. The first-order chi connectivity index (χ1) is 7.38. The van der Waals surface area contributed by atoms with Crippen molar-refractivity contribution in [3.05, 3.63) is 0 Å². The van der Waals surface area contributed by atoms with Crippen LogP contribution in [0.2, 0.25) is 0 Å². The third-order valence-electron chi connectivity index (χ3n) is 3.05. The van der Waals surface area contributed by atoms with Crippen LogP contribution in [0.4, 0.5) is 0 Å². The minimum Gasteiger partial charge on any atom is -0.393 e. The third kappa shape index (κ3) is 2.04. The van der Waals surface area contributed by atoms with Crippen LogP contribution in [0, 0.1) is 0 Å². The third-order valence-corrected chi connectivity index (χ3v) is 3.56. The highest BCUT2D eigenvalue weighted by Gasteiger charge is 2.59. The van der Waals surface area contributed by atoms with Gasteiger partial charge in [-0.2, -0.15) is 0 Å². The Labute approximate surface area is 92.6 Å². The molecule has 16 heavy (non-hydrogen) atoms. The molecule has 94 valence electrons. The maximum atomic E-state index is 10.9. The molecule has 2 rings (SSSR count). The van der Waals surface area contributed by atoms with E-state index in [4.69, 9.17) is 19.3 Å². The van der Waals surface area contributed by atoms with Gasteiger partial charge in [0.2, 0.25) is 0 Å². The first kappa shape index (κ1) is 12.4. The Morgan fingerprint density at radius 1 is 1.56 bits per heavy atom. The fourth-order valence-corrected chi connectivity index (χ4v) is 2.96. The van der Waals surface area contributed by atoms with Gasteiger partial charge in [0, 0.05) is 6.42 Å². The normalized spacial score (nSPS) is 43.6. The zero-order valence-electron chi connectivity index (χ0n) is 8.78. The lowest BCUT2D eigenvalue weighted by Gasteiger charge is -2.37. The number of phosphoric ester groups is 1. The van der Waals surface area contributed by atoms with Crippen LogP contribution in [0.25, 0.3) is 0 Å². The van der Waals surface area contributed by atoms with Crippen molar-refractivity contribution in [2.24, 2.45) is 0 Å². The van der Waals surface area contributed by atoms with Crippen LogP contribution < -0.4 is 0 Å². The summed E-state index contributed by atoms with van der Waals surface area (Å²) in [6.45, 7) is 1.77. The molecule has 4 unspecified atom stereocenters. The van der Waals surface area contributed by atoms with E-state index in [0.717, 1.165) is 0 Å². The highest BCUT2D eigenvalue weighted by Crippen LogP contribution is 2.48. The molecule has 8 heteroatoms. The van der Waals surface area contributed by atoms with Crippen LogP contribution in [-0.4, -0.2) is 52.0 Å². The molecule has 0 amide bonds. The van der Waals surface area contributed by atoms with Gasteiger partial charge in [-0.15, -0.1) is 0 Å². The summed E-state index contributed by atoms with van der Waals surface area (Å²) in [5, 5.41) is 9.34. The Morgan fingerprint density at radius 3 is 2.81 bits per heavy atom. The topological polar surface area (TPSA) is 105 Å². The van der Waals surface area contributed by atoms with Crippen molar-refractivity contribution in [3.8, 4) is 0 Å². The molecule has 2 fully saturated rings. The Morgan fingerprint density at radius 2 is 2.25 bits per heavy atom. The predicted molar refractivity (Wildman–Crippen MR) is 51.6 cm³/mol. The lowest BCUT2D eigenvalue weighted by molar-refractivity contribution is -0.135. The molecule has 0 aromatic carbocycles. The zero-order valence-corrected chi connectivity index (χ0v) is 9.67. The van der Waals surface area contributed by atoms with Gasteiger partial charge in [0.25, 0.3) is 0 Å². The molecular formula is C8H15O7P. The van der Waals surface area contributed by atoms with E-state index >= 15 is 0 Å². The van der Waals surface area contributed by atoms with Gasteiger partial charge in [0.15, 0.2) is 0 Å². The van der Waals surface area contributed by atoms with Crippen molar-refractivity contribution in [3.63, 3.8) is 0 Å². The van der Waals surface area contributed by atoms with E-state index in [9.17, 15) is 9.67 Å². The molecule has 2 saturated heterocycles. The summed E-state index contributed by atoms with van der Waals surface area (Å²) in [7, 11) is -4.62. The van der Waals surface area contributed by atoms with E-state index < -0.39 is 25.6 Å². The monoisotopic (exact) mass is 254 g/mol. The molecule has 2 heterocycles. The number of rotatable bonds is 3. The Balaban J connectivity index is 2.24. The average Bonchev–Trinajstić information content (AvgIpc) is 2.33. The number of phosphoric acid groups is 1. The van der Waals surface area contributed by atoms with E-state index in [1.807, 2.05) is 0 Å². The smallest absolute Gasteiger partial charge is 0.393 e.